The molecule has 2 aromatic carbocycles. The van der Waals surface area contributed by atoms with Crippen LogP contribution in [0.5, 0.6) is 0 Å². The lowest BCUT2D eigenvalue weighted by atomic mass is 9.66. The first-order valence-corrected chi connectivity index (χ1v) is 8.48. The number of nitrogens with zero attached hydrogens (tertiary/aromatic N) is 1. The number of likely N-dealkylation sites (N-methyl/N-ethyl adjacent to an activating group) is 1. The molecule has 0 aliphatic carbocycles. The molecule has 0 aromatic heterocycles. The summed E-state index contributed by atoms with van der Waals surface area (Å²) in [7, 11) is 3.89. The van der Waals surface area contributed by atoms with Gasteiger partial charge in [0, 0.05) is 12.5 Å². The number of aliphatic hydroxyl groups is 1. The highest BCUT2D eigenvalue weighted by Crippen LogP contribution is 2.39. The van der Waals surface area contributed by atoms with Gasteiger partial charge in [-0.3, -0.25) is 4.79 Å². The third kappa shape index (κ3) is 3.58. The summed E-state index contributed by atoms with van der Waals surface area (Å²) >= 11 is 0. The third-order valence-electron chi connectivity index (χ3n) is 4.81. The minimum Gasteiger partial charge on any atom is -0.395 e. The maximum atomic E-state index is 13.2. The summed E-state index contributed by atoms with van der Waals surface area (Å²) in [5.74, 6) is 0.181. The lowest BCUT2D eigenvalue weighted by molar-refractivity contribution is -0.123. The van der Waals surface area contributed by atoms with Crippen molar-refractivity contribution in [2.45, 2.75) is 31.2 Å². The number of hydrogen-bond donors (Lipinski definition) is 1. The number of carbonyl (C=O) groups excluding carboxylic acids is 1. The lowest BCUT2D eigenvalue weighted by Crippen LogP contribution is -2.45. The molecule has 0 saturated heterocycles. The van der Waals surface area contributed by atoms with Crippen LogP contribution in [0.15, 0.2) is 60.7 Å². The van der Waals surface area contributed by atoms with Gasteiger partial charge in [-0.05, 0) is 31.6 Å². The SMILES string of the molecule is CCC(=O)C(CC(CO)N(C)C)(c1ccccc1)c1ccccc1. The van der Waals surface area contributed by atoms with Gasteiger partial charge in [-0.1, -0.05) is 67.6 Å². The molecule has 1 unspecified atom stereocenters. The van der Waals surface area contributed by atoms with E-state index in [0.29, 0.717) is 12.8 Å². The predicted octanol–water partition coefficient (Wildman–Crippen LogP) is 3.26. The van der Waals surface area contributed by atoms with Gasteiger partial charge in [-0.25, -0.2) is 0 Å². The first-order valence-electron chi connectivity index (χ1n) is 8.48. The number of ketones is 1. The minimum absolute atomic E-state index is 0.0193. The van der Waals surface area contributed by atoms with Gasteiger partial charge in [0.05, 0.1) is 12.0 Å². The number of rotatable bonds is 8. The van der Waals surface area contributed by atoms with Gasteiger partial charge in [0.2, 0.25) is 0 Å². The average molecular weight is 325 g/mol. The summed E-state index contributed by atoms with van der Waals surface area (Å²) in [5, 5.41) is 9.86. The zero-order valence-corrected chi connectivity index (χ0v) is 14.8. The largest absolute Gasteiger partial charge is 0.395 e. The topological polar surface area (TPSA) is 40.5 Å². The third-order valence-corrected chi connectivity index (χ3v) is 4.81. The number of hydrogen-bond acceptors (Lipinski definition) is 3. The van der Waals surface area contributed by atoms with Crippen LogP contribution >= 0.6 is 0 Å². The molecule has 2 aromatic rings. The summed E-state index contributed by atoms with van der Waals surface area (Å²) < 4.78 is 0. The Labute approximate surface area is 144 Å². The van der Waals surface area contributed by atoms with E-state index in [0.717, 1.165) is 11.1 Å². The fourth-order valence-electron chi connectivity index (χ4n) is 3.35. The highest BCUT2D eigenvalue weighted by Gasteiger charge is 2.42. The first-order chi connectivity index (χ1) is 11.6. The van der Waals surface area contributed by atoms with Gasteiger partial charge in [-0.15, -0.1) is 0 Å². The number of carbonyl (C=O) groups is 1. The Morgan fingerprint density at radius 1 is 1.00 bits per heavy atom. The first kappa shape index (κ1) is 18.4. The number of benzene rings is 2. The fourth-order valence-corrected chi connectivity index (χ4v) is 3.35. The second kappa shape index (κ2) is 8.22. The van der Waals surface area contributed by atoms with Crippen LogP contribution < -0.4 is 0 Å². The fraction of sp³-hybridized carbons (Fsp3) is 0.381. The van der Waals surface area contributed by atoms with E-state index in [2.05, 4.69) is 0 Å². The Balaban J connectivity index is 2.67. The van der Waals surface area contributed by atoms with Crippen molar-refractivity contribution in [3.05, 3.63) is 71.8 Å². The molecule has 128 valence electrons. The molecule has 0 amide bonds. The smallest absolute Gasteiger partial charge is 0.147 e. The van der Waals surface area contributed by atoms with Crippen LogP contribution in [0.1, 0.15) is 30.9 Å². The van der Waals surface area contributed by atoms with Crippen LogP contribution in [-0.4, -0.2) is 42.5 Å². The molecule has 0 aliphatic rings. The zero-order valence-electron chi connectivity index (χ0n) is 14.8. The Kier molecular flexibility index (Phi) is 6.29. The summed E-state index contributed by atoms with van der Waals surface area (Å²) in [6.45, 7) is 1.93. The zero-order chi connectivity index (χ0) is 17.6. The molecule has 0 radical (unpaired) electrons. The van der Waals surface area contributed by atoms with Gasteiger partial charge in [0.25, 0.3) is 0 Å². The molecule has 0 bridgehead atoms. The van der Waals surface area contributed by atoms with Crippen LogP contribution in [0.25, 0.3) is 0 Å². The quantitative estimate of drug-likeness (QED) is 0.810. The van der Waals surface area contributed by atoms with Crippen molar-refractivity contribution in [3.63, 3.8) is 0 Å². The van der Waals surface area contributed by atoms with Crippen molar-refractivity contribution in [1.82, 2.24) is 4.90 Å². The van der Waals surface area contributed by atoms with Crippen LogP contribution in [0.3, 0.4) is 0 Å². The molecule has 3 heteroatoms. The molecule has 1 N–H and O–H groups in total. The molecule has 0 aliphatic heterocycles. The maximum absolute atomic E-state index is 13.2. The van der Waals surface area contributed by atoms with Gasteiger partial charge in [0.1, 0.15) is 5.78 Å². The van der Waals surface area contributed by atoms with E-state index in [9.17, 15) is 9.90 Å². The summed E-state index contributed by atoms with van der Waals surface area (Å²) in [4.78, 5) is 15.2. The van der Waals surface area contributed by atoms with Crippen molar-refractivity contribution in [2.75, 3.05) is 20.7 Å². The summed E-state index contributed by atoms with van der Waals surface area (Å²) in [5.41, 5.74) is 1.24. The minimum atomic E-state index is -0.741. The highest BCUT2D eigenvalue weighted by atomic mass is 16.3. The Bertz CT molecular complexity index is 598. The Morgan fingerprint density at radius 3 is 1.79 bits per heavy atom. The van der Waals surface area contributed by atoms with Gasteiger partial charge >= 0.3 is 0 Å². The summed E-state index contributed by atoms with van der Waals surface area (Å²) in [6.07, 6.45) is 1.01. The molecular formula is C21H27NO2. The average Bonchev–Trinajstić information content (AvgIpc) is 2.63. The molecule has 0 heterocycles. The monoisotopic (exact) mass is 325 g/mol. The van der Waals surface area contributed by atoms with Crippen LogP contribution in [0, 0.1) is 0 Å². The van der Waals surface area contributed by atoms with E-state index in [4.69, 9.17) is 0 Å². The second-order valence-corrected chi connectivity index (χ2v) is 6.42. The molecule has 0 fully saturated rings. The van der Waals surface area contributed by atoms with E-state index in [1.54, 1.807) is 0 Å². The van der Waals surface area contributed by atoms with E-state index in [1.165, 1.54) is 0 Å². The van der Waals surface area contributed by atoms with Crippen molar-refractivity contribution < 1.29 is 9.90 Å². The van der Waals surface area contributed by atoms with Crippen molar-refractivity contribution in [1.29, 1.82) is 0 Å². The predicted molar refractivity (Wildman–Crippen MR) is 98.1 cm³/mol. The molecular weight excluding hydrogens is 298 g/mol. The van der Waals surface area contributed by atoms with Crippen molar-refractivity contribution in [2.24, 2.45) is 0 Å². The Hall–Kier alpha value is -1.97. The van der Waals surface area contributed by atoms with Gasteiger partial charge in [0.15, 0.2) is 0 Å². The molecule has 3 nitrogen and oxygen atoms in total. The standard InChI is InChI=1S/C21H27NO2/c1-4-20(24)21(15-19(16-23)22(2)3,17-11-7-5-8-12-17)18-13-9-6-10-14-18/h5-14,19,23H,4,15-16H2,1-3H3. The molecule has 1 atom stereocenters. The van der Waals surface area contributed by atoms with E-state index < -0.39 is 5.41 Å². The Morgan fingerprint density at radius 2 is 1.46 bits per heavy atom. The van der Waals surface area contributed by atoms with Crippen molar-refractivity contribution >= 4 is 5.78 Å². The number of Topliss-reactive ketones (excluding diaryl/α,β-unsaturated/α-hetero) is 1. The highest BCUT2D eigenvalue weighted by molar-refractivity contribution is 5.93. The molecule has 2 rings (SSSR count). The lowest BCUT2D eigenvalue weighted by Gasteiger charge is -2.38. The maximum Gasteiger partial charge on any atom is 0.147 e. The summed E-state index contributed by atoms with van der Waals surface area (Å²) in [6, 6.07) is 19.8. The normalized spacial score (nSPS) is 13.0. The van der Waals surface area contributed by atoms with E-state index in [-0.39, 0.29) is 18.4 Å². The van der Waals surface area contributed by atoms with E-state index >= 15 is 0 Å². The van der Waals surface area contributed by atoms with Crippen LogP contribution in [0.4, 0.5) is 0 Å². The van der Waals surface area contributed by atoms with Crippen LogP contribution in [0.2, 0.25) is 0 Å². The molecule has 24 heavy (non-hydrogen) atoms. The molecule has 0 spiro atoms. The van der Waals surface area contributed by atoms with Gasteiger partial charge < -0.3 is 10.0 Å². The molecule has 0 saturated carbocycles. The number of aliphatic hydroxyl groups excluding tert-OH is 1. The van der Waals surface area contributed by atoms with Gasteiger partial charge in [-0.2, -0.15) is 0 Å². The second-order valence-electron chi connectivity index (χ2n) is 6.42. The van der Waals surface area contributed by atoms with Crippen LogP contribution in [-0.2, 0) is 10.2 Å². The van der Waals surface area contributed by atoms with Crippen molar-refractivity contribution in [3.8, 4) is 0 Å². The van der Waals surface area contributed by atoms with E-state index in [1.807, 2.05) is 86.6 Å².